The molecule has 2 aromatic carbocycles. The minimum Gasteiger partial charge on any atom is -0.360 e. The third kappa shape index (κ3) is 4.58. The largest absolute Gasteiger partial charge is 0.405 e. The Labute approximate surface area is 182 Å². The van der Waals surface area contributed by atoms with Gasteiger partial charge in [0, 0.05) is 16.1 Å². The fourth-order valence-corrected chi connectivity index (χ4v) is 6.19. The smallest absolute Gasteiger partial charge is 0.360 e. The number of alkyl halides is 3. The summed E-state index contributed by atoms with van der Waals surface area (Å²) in [6.07, 6.45) is -3.79. The van der Waals surface area contributed by atoms with E-state index in [1.165, 1.54) is 6.20 Å². The minimum absolute atomic E-state index is 0.111. The van der Waals surface area contributed by atoms with Crippen molar-refractivity contribution in [3.63, 3.8) is 0 Å². The average Bonchev–Trinajstić information content (AvgIpc) is 2.95. The Kier molecular flexibility index (Phi) is 6.10. The van der Waals surface area contributed by atoms with Crippen LogP contribution in [0.15, 0.2) is 39.8 Å². The van der Waals surface area contributed by atoms with Crippen molar-refractivity contribution in [3.8, 4) is 0 Å². The summed E-state index contributed by atoms with van der Waals surface area (Å²) in [5.74, 6) is 0. The summed E-state index contributed by atoms with van der Waals surface area (Å²) in [6, 6.07) is 4.66. The summed E-state index contributed by atoms with van der Waals surface area (Å²) in [5.41, 5.74) is 3.60. The van der Waals surface area contributed by atoms with E-state index >= 15 is 0 Å². The van der Waals surface area contributed by atoms with Gasteiger partial charge in [-0.25, -0.2) is 8.42 Å². The van der Waals surface area contributed by atoms with Crippen molar-refractivity contribution < 1.29 is 21.6 Å². The second kappa shape index (κ2) is 8.01. The fourth-order valence-electron chi connectivity index (χ4n) is 3.83. The second-order valence-corrected chi connectivity index (χ2v) is 10.1. The third-order valence-electron chi connectivity index (χ3n) is 4.96. The molecule has 0 amide bonds. The number of hydrogen-bond acceptors (Lipinski definition) is 2. The van der Waals surface area contributed by atoms with Gasteiger partial charge in [-0.3, -0.25) is 0 Å². The van der Waals surface area contributed by atoms with Crippen molar-refractivity contribution in [2.75, 3.05) is 0 Å². The van der Waals surface area contributed by atoms with Gasteiger partial charge in [0.25, 0.3) is 0 Å². The molecule has 0 aliphatic carbocycles. The number of fused-ring (bicyclic) bond motifs is 1. The lowest BCUT2D eigenvalue weighted by Crippen LogP contribution is -2.47. The maximum absolute atomic E-state index is 13.8. The van der Waals surface area contributed by atoms with Gasteiger partial charge in [-0.05, 0) is 84.4 Å². The fraction of sp³-hybridized carbons (Fsp3) is 0.333. The van der Waals surface area contributed by atoms with Gasteiger partial charge < -0.3 is 4.98 Å². The molecule has 1 heterocycles. The Morgan fingerprint density at radius 1 is 1.03 bits per heavy atom. The van der Waals surface area contributed by atoms with E-state index in [1.54, 1.807) is 39.0 Å². The van der Waals surface area contributed by atoms with Crippen LogP contribution in [0.1, 0.15) is 27.8 Å². The van der Waals surface area contributed by atoms with E-state index in [1.807, 2.05) is 17.7 Å². The first-order valence-electron chi connectivity index (χ1n) is 9.22. The van der Waals surface area contributed by atoms with Crippen LogP contribution in [-0.2, 0) is 16.4 Å². The predicted molar refractivity (Wildman–Crippen MR) is 115 cm³/mol. The normalized spacial score (nSPS) is 13.7. The zero-order chi connectivity index (χ0) is 22.4. The van der Waals surface area contributed by atoms with Gasteiger partial charge in [0.2, 0.25) is 10.0 Å². The lowest BCUT2D eigenvalue weighted by Gasteiger charge is -2.23. The molecule has 30 heavy (non-hydrogen) atoms. The van der Waals surface area contributed by atoms with E-state index in [0.717, 1.165) is 15.6 Å². The van der Waals surface area contributed by atoms with Gasteiger partial charge in [0.05, 0.1) is 10.4 Å². The van der Waals surface area contributed by atoms with Crippen LogP contribution < -0.4 is 4.72 Å². The van der Waals surface area contributed by atoms with Gasteiger partial charge in [0.15, 0.2) is 0 Å². The van der Waals surface area contributed by atoms with Crippen molar-refractivity contribution in [3.05, 3.63) is 62.8 Å². The lowest BCUT2D eigenvalue weighted by atomic mass is 10.0. The SMILES string of the molecule is Cc1cc(C)c(S(=O)(=O)NC(Cc2c[nH]c3c(Br)cc(C)cc23)C(F)(F)F)c(C)c1. The zero-order valence-electron chi connectivity index (χ0n) is 16.9. The van der Waals surface area contributed by atoms with Crippen LogP contribution >= 0.6 is 15.9 Å². The summed E-state index contributed by atoms with van der Waals surface area (Å²) in [6.45, 7) is 6.81. The number of aromatic nitrogens is 1. The number of H-pyrrole nitrogens is 1. The van der Waals surface area contributed by atoms with Crippen molar-refractivity contribution in [2.45, 2.75) is 51.2 Å². The van der Waals surface area contributed by atoms with Gasteiger partial charge in [-0.15, -0.1) is 0 Å². The summed E-state index contributed by atoms with van der Waals surface area (Å²) in [7, 11) is -4.38. The number of aromatic amines is 1. The molecule has 3 aromatic rings. The first-order valence-corrected chi connectivity index (χ1v) is 11.5. The van der Waals surface area contributed by atoms with E-state index < -0.39 is 28.7 Å². The topological polar surface area (TPSA) is 62.0 Å². The molecule has 0 aliphatic rings. The van der Waals surface area contributed by atoms with Gasteiger partial charge in [0.1, 0.15) is 6.04 Å². The standard InChI is InChI=1S/C21H22BrF3N2O2S/c1-11-5-13(3)20(14(4)6-11)30(28,29)27-18(21(23,24)25)9-15-10-26-19-16(15)7-12(2)8-17(19)22/h5-8,10,18,26-27H,9H2,1-4H3. The maximum Gasteiger partial charge on any atom is 0.405 e. The first-order chi connectivity index (χ1) is 13.8. The molecule has 3 rings (SSSR count). The van der Waals surface area contributed by atoms with Gasteiger partial charge >= 0.3 is 6.18 Å². The highest BCUT2D eigenvalue weighted by atomic mass is 79.9. The van der Waals surface area contributed by atoms with Crippen LogP contribution in [0.25, 0.3) is 10.9 Å². The molecule has 0 saturated carbocycles. The number of aryl methyl sites for hydroxylation is 4. The molecule has 0 fully saturated rings. The van der Waals surface area contributed by atoms with Crippen LogP contribution in [0.3, 0.4) is 0 Å². The quantitative estimate of drug-likeness (QED) is 0.475. The number of hydrogen-bond donors (Lipinski definition) is 2. The van der Waals surface area contributed by atoms with Crippen LogP contribution in [0.5, 0.6) is 0 Å². The van der Waals surface area contributed by atoms with Crippen molar-refractivity contribution in [1.82, 2.24) is 9.71 Å². The Balaban J connectivity index is 2.01. The highest BCUT2D eigenvalue weighted by Crippen LogP contribution is 2.32. The third-order valence-corrected chi connectivity index (χ3v) is 7.36. The minimum atomic E-state index is -4.76. The zero-order valence-corrected chi connectivity index (χ0v) is 19.3. The van der Waals surface area contributed by atoms with E-state index in [2.05, 4.69) is 20.9 Å². The van der Waals surface area contributed by atoms with E-state index in [0.29, 0.717) is 27.6 Å². The molecule has 0 saturated heterocycles. The molecule has 1 aromatic heterocycles. The molecule has 1 unspecified atom stereocenters. The molecule has 162 valence electrons. The van der Waals surface area contributed by atoms with Crippen molar-refractivity contribution in [1.29, 1.82) is 0 Å². The summed E-state index contributed by atoms with van der Waals surface area (Å²) in [5, 5.41) is 0.623. The van der Waals surface area contributed by atoms with E-state index in [-0.39, 0.29) is 4.90 Å². The molecular weight excluding hydrogens is 481 g/mol. The average molecular weight is 503 g/mol. The van der Waals surface area contributed by atoms with Gasteiger partial charge in [-0.2, -0.15) is 17.9 Å². The van der Waals surface area contributed by atoms with Crippen molar-refractivity contribution >= 4 is 36.9 Å². The lowest BCUT2D eigenvalue weighted by molar-refractivity contribution is -0.150. The monoisotopic (exact) mass is 502 g/mol. The first kappa shape index (κ1) is 22.8. The summed E-state index contributed by atoms with van der Waals surface area (Å²) in [4.78, 5) is 2.86. The molecular formula is C21H22BrF3N2O2S. The molecule has 0 bridgehead atoms. The molecule has 1 atom stereocenters. The highest BCUT2D eigenvalue weighted by molar-refractivity contribution is 9.10. The van der Waals surface area contributed by atoms with E-state index in [4.69, 9.17) is 0 Å². The molecule has 2 N–H and O–H groups in total. The number of rotatable bonds is 5. The second-order valence-electron chi connectivity index (χ2n) is 7.63. The summed E-state index contributed by atoms with van der Waals surface area (Å²) >= 11 is 3.40. The predicted octanol–water partition coefficient (Wildman–Crippen LogP) is 5.62. The Morgan fingerprint density at radius 2 is 1.60 bits per heavy atom. The Hall–Kier alpha value is -1.84. The van der Waals surface area contributed by atoms with E-state index in [9.17, 15) is 21.6 Å². The van der Waals surface area contributed by atoms with Crippen molar-refractivity contribution in [2.24, 2.45) is 0 Å². The maximum atomic E-state index is 13.8. The Morgan fingerprint density at radius 3 is 2.17 bits per heavy atom. The number of sulfonamides is 1. The number of nitrogens with one attached hydrogen (secondary N) is 2. The number of halogens is 4. The molecule has 4 nitrogen and oxygen atoms in total. The van der Waals surface area contributed by atoms with Gasteiger partial charge in [-0.1, -0.05) is 17.7 Å². The van der Waals surface area contributed by atoms with Crippen LogP contribution in [0, 0.1) is 27.7 Å². The highest BCUT2D eigenvalue weighted by Gasteiger charge is 2.43. The molecule has 0 radical (unpaired) electrons. The summed E-state index contributed by atoms with van der Waals surface area (Å²) < 4.78 is 70.0. The number of benzene rings is 2. The molecule has 0 aliphatic heterocycles. The van der Waals surface area contributed by atoms with Crippen LogP contribution in [-0.4, -0.2) is 25.6 Å². The molecule has 0 spiro atoms. The van der Waals surface area contributed by atoms with Crippen LogP contribution in [0.2, 0.25) is 0 Å². The Bertz CT molecular complexity index is 1190. The molecule has 9 heteroatoms. The van der Waals surface area contributed by atoms with Crippen LogP contribution in [0.4, 0.5) is 13.2 Å².